The number of carbonyl (C=O) groups is 1. The highest BCUT2D eigenvalue weighted by molar-refractivity contribution is 7.14. The van der Waals surface area contributed by atoms with Crippen molar-refractivity contribution in [1.82, 2.24) is 9.97 Å². The summed E-state index contributed by atoms with van der Waals surface area (Å²) in [6.45, 7) is 4.97. The van der Waals surface area contributed by atoms with Crippen LogP contribution in [0.2, 0.25) is 0 Å². The molecule has 0 bridgehead atoms. The smallest absolute Gasteiger partial charge is 0.279 e. The van der Waals surface area contributed by atoms with Gasteiger partial charge in [0.05, 0.1) is 10.7 Å². The van der Waals surface area contributed by atoms with Gasteiger partial charge in [0.15, 0.2) is 5.13 Å². The van der Waals surface area contributed by atoms with E-state index in [2.05, 4.69) is 9.97 Å². The van der Waals surface area contributed by atoms with Crippen LogP contribution < -0.4 is 10.6 Å². The molecule has 0 aromatic carbocycles. The Bertz CT molecular complexity index is 569. The van der Waals surface area contributed by atoms with Crippen LogP contribution in [0.4, 0.5) is 5.13 Å². The summed E-state index contributed by atoms with van der Waals surface area (Å²) < 4.78 is 0. The van der Waals surface area contributed by atoms with Gasteiger partial charge in [0, 0.05) is 23.7 Å². The number of hydrogen-bond acceptors (Lipinski definition) is 6. The third kappa shape index (κ3) is 3.76. The largest absolute Gasteiger partial charge is 0.330 e. The first-order valence-electron chi connectivity index (χ1n) is 6.04. The summed E-state index contributed by atoms with van der Waals surface area (Å²) in [6.07, 6.45) is 0.709. The van der Waals surface area contributed by atoms with Crippen molar-refractivity contribution in [3.63, 3.8) is 0 Å². The topological polar surface area (TPSA) is 72.1 Å². The number of amides is 1. The molecule has 8 heteroatoms. The molecule has 0 aliphatic heterocycles. The number of aryl methyl sites for hydroxylation is 1. The molecule has 0 atom stereocenters. The maximum Gasteiger partial charge on any atom is 0.279 e. The lowest BCUT2D eigenvalue weighted by Gasteiger charge is -2.16. The second-order valence-corrected chi connectivity index (χ2v) is 5.77. The van der Waals surface area contributed by atoms with E-state index in [-0.39, 0.29) is 18.3 Å². The van der Waals surface area contributed by atoms with E-state index >= 15 is 0 Å². The number of rotatable bonds is 5. The molecule has 1 amide bonds. The molecule has 5 nitrogen and oxygen atoms in total. The zero-order valence-corrected chi connectivity index (χ0v) is 13.8. The second kappa shape index (κ2) is 7.68. The van der Waals surface area contributed by atoms with Crippen LogP contribution in [0, 0.1) is 6.92 Å². The first-order chi connectivity index (χ1) is 9.15. The molecule has 0 aliphatic carbocycles. The third-order valence-corrected chi connectivity index (χ3v) is 4.42. The summed E-state index contributed by atoms with van der Waals surface area (Å²) in [7, 11) is 0. The van der Waals surface area contributed by atoms with Gasteiger partial charge in [-0.25, -0.2) is 9.97 Å². The van der Waals surface area contributed by atoms with E-state index in [1.54, 1.807) is 10.3 Å². The molecule has 0 radical (unpaired) electrons. The standard InChI is InChI=1S/C12H16N4OS2.ClH/c1-3-16(12-14-8(2)6-19-12)11(17)9-7-18-10(15-9)4-5-13;/h6-7H,3-5,13H2,1-2H3;1H. The molecule has 2 aromatic rings. The van der Waals surface area contributed by atoms with E-state index in [0.29, 0.717) is 25.2 Å². The summed E-state index contributed by atoms with van der Waals surface area (Å²) in [4.78, 5) is 22.7. The van der Waals surface area contributed by atoms with Crippen LogP contribution in [0.3, 0.4) is 0 Å². The van der Waals surface area contributed by atoms with E-state index in [4.69, 9.17) is 5.73 Å². The molecule has 2 rings (SSSR count). The van der Waals surface area contributed by atoms with Crippen molar-refractivity contribution < 1.29 is 4.79 Å². The van der Waals surface area contributed by atoms with Gasteiger partial charge < -0.3 is 5.73 Å². The van der Waals surface area contributed by atoms with E-state index in [9.17, 15) is 4.79 Å². The Labute approximate surface area is 132 Å². The fraction of sp³-hybridized carbons (Fsp3) is 0.417. The lowest BCUT2D eigenvalue weighted by atomic mass is 10.4. The number of nitrogens with zero attached hydrogens (tertiary/aromatic N) is 3. The van der Waals surface area contributed by atoms with Crippen molar-refractivity contribution in [2.75, 3.05) is 18.0 Å². The molecule has 2 N–H and O–H groups in total. The molecule has 0 spiro atoms. The number of thiazole rings is 2. The Hall–Kier alpha value is -1.02. The average Bonchev–Trinajstić information content (AvgIpc) is 3.00. The molecule has 0 aliphatic rings. The molecule has 0 unspecified atom stereocenters. The highest BCUT2D eigenvalue weighted by atomic mass is 35.5. The van der Waals surface area contributed by atoms with Crippen LogP contribution in [0.5, 0.6) is 0 Å². The molecule has 2 heterocycles. The monoisotopic (exact) mass is 332 g/mol. The van der Waals surface area contributed by atoms with Gasteiger partial charge in [0.1, 0.15) is 5.69 Å². The summed E-state index contributed by atoms with van der Waals surface area (Å²) >= 11 is 2.95. The normalized spacial score (nSPS) is 10.2. The zero-order valence-electron chi connectivity index (χ0n) is 11.3. The van der Waals surface area contributed by atoms with Crippen molar-refractivity contribution in [3.05, 3.63) is 27.2 Å². The number of anilines is 1. The molecule has 20 heavy (non-hydrogen) atoms. The van der Waals surface area contributed by atoms with Gasteiger partial charge in [-0.15, -0.1) is 35.1 Å². The van der Waals surface area contributed by atoms with Crippen LogP contribution in [-0.4, -0.2) is 29.0 Å². The minimum absolute atomic E-state index is 0. The van der Waals surface area contributed by atoms with Crippen LogP contribution in [0.15, 0.2) is 10.8 Å². The molecule has 2 aromatic heterocycles. The first kappa shape index (κ1) is 17.0. The van der Waals surface area contributed by atoms with Crippen LogP contribution in [0.25, 0.3) is 0 Å². The van der Waals surface area contributed by atoms with Crippen molar-refractivity contribution in [2.45, 2.75) is 20.3 Å². The van der Waals surface area contributed by atoms with Gasteiger partial charge in [0.25, 0.3) is 5.91 Å². The van der Waals surface area contributed by atoms with Gasteiger partial charge in [-0.2, -0.15) is 0 Å². The fourth-order valence-corrected chi connectivity index (χ4v) is 3.27. The fourth-order valence-electron chi connectivity index (χ4n) is 1.62. The predicted octanol–water partition coefficient (Wildman–Crippen LogP) is 2.50. The van der Waals surface area contributed by atoms with Gasteiger partial charge in [0.2, 0.25) is 0 Å². The quantitative estimate of drug-likeness (QED) is 0.913. The van der Waals surface area contributed by atoms with Gasteiger partial charge >= 0.3 is 0 Å². The highest BCUT2D eigenvalue weighted by Crippen LogP contribution is 2.22. The minimum Gasteiger partial charge on any atom is -0.330 e. The molecule has 0 saturated heterocycles. The number of carbonyl (C=O) groups excluding carboxylic acids is 1. The van der Waals surface area contributed by atoms with E-state index in [1.165, 1.54) is 22.7 Å². The van der Waals surface area contributed by atoms with Gasteiger partial charge in [-0.05, 0) is 20.4 Å². The molecule has 110 valence electrons. The predicted molar refractivity (Wildman–Crippen MR) is 86.3 cm³/mol. The summed E-state index contributed by atoms with van der Waals surface area (Å²) in [5, 5.41) is 5.35. The molecule has 0 saturated carbocycles. The van der Waals surface area contributed by atoms with Gasteiger partial charge in [-0.1, -0.05) is 0 Å². The summed E-state index contributed by atoms with van der Waals surface area (Å²) in [6, 6.07) is 0. The Morgan fingerprint density at radius 3 is 2.65 bits per heavy atom. The first-order valence-corrected chi connectivity index (χ1v) is 7.80. The van der Waals surface area contributed by atoms with Crippen LogP contribution in [-0.2, 0) is 6.42 Å². The third-order valence-electron chi connectivity index (χ3n) is 2.53. The minimum atomic E-state index is -0.101. The van der Waals surface area contributed by atoms with Crippen molar-refractivity contribution in [1.29, 1.82) is 0 Å². The number of nitrogens with two attached hydrogens (primary N) is 1. The summed E-state index contributed by atoms with van der Waals surface area (Å²) in [5.41, 5.74) is 6.89. The van der Waals surface area contributed by atoms with Crippen LogP contribution >= 0.6 is 35.1 Å². The zero-order chi connectivity index (χ0) is 13.8. The van der Waals surface area contributed by atoms with Gasteiger partial charge in [-0.3, -0.25) is 9.69 Å². The Kier molecular flexibility index (Phi) is 6.54. The Balaban J connectivity index is 0.00000200. The van der Waals surface area contributed by atoms with E-state index in [1.807, 2.05) is 19.2 Å². The summed E-state index contributed by atoms with van der Waals surface area (Å²) in [5.74, 6) is -0.101. The van der Waals surface area contributed by atoms with E-state index < -0.39 is 0 Å². The SMILES string of the molecule is CCN(C(=O)c1csc(CCN)n1)c1nc(C)cs1.Cl. The Morgan fingerprint density at radius 2 is 2.10 bits per heavy atom. The molecular weight excluding hydrogens is 316 g/mol. The molecule has 0 fully saturated rings. The molecular formula is C12H17ClN4OS2. The maximum absolute atomic E-state index is 12.4. The number of hydrogen-bond donors (Lipinski definition) is 1. The number of halogens is 1. The van der Waals surface area contributed by atoms with Crippen molar-refractivity contribution in [3.8, 4) is 0 Å². The van der Waals surface area contributed by atoms with Crippen LogP contribution in [0.1, 0.15) is 28.1 Å². The van der Waals surface area contributed by atoms with Crippen molar-refractivity contribution in [2.24, 2.45) is 5.73 Å². The van der Waals surface area contributed by atoms with Crippen molar-refractivity contribution >= 4 is 46.1 Å². The number of aromatic nitrogens is 2. The highest BCUT2D eigenvalue weighted by Gasteiger charge is 2.21. The lowest BCUT2D eigenvalue weighted by molar-refractivity contribution is 0.0984. The second-order valence-electron chi connectivity index (χ2n) is 3.99. The Morgan fingerprint density at radius 1 is 1.35 bits per heavy atom. The average molecular weight is 333 g/mol. The van der Waals surface area contributed by atoms with E-state index in [0.717, 1.165) is 15.8 Å². The maximum atomic E-state index is 12.4. The lowest BCUT2D eigenvalue weighted by Crippen LogP contribution is -2.30.